The minimum Gasteiger partial charge on any atom is -0.345 e. The number of hydrogen-bond acceptors (Lipinski definition) is 3. The van der Waals surface area contributed by atoms with Gasteiger partial charge in [-0.2, -0.15) is 0 Å². The molecule has 102 valence electrons. The molecule has 0 amide bonds. The monoisotopic (exact) mass is 306 g/mol. The molecule has 0 bridgehead atoms. The summed E-state index contributed by atoms with van der Waals surface area (Å²) >= 11 is 12.3. The van der Waals surface area contributed by atoms with Crippen molar-refractivity contribution >= 4 is 28.8 Å². The van der Waals surface area contributed by atoms with Gasteiger partial charge in [0.15, 0.2) is 0 Å². The number of nitrogens with zero attached hydrogens (tertiary/aromatic N) is 2. The molecule has 1 unspecified atom stereocenters. The predicted molar refractivity (Wildman–Crippen MR) is 80.9 cm³/mol. The average Bonchev–Trinajstić information content (AvgIpc) is 2.93. The van der Waals surface area contributed by atoms with E-state index in [0.29, 0.717) is 10.0 Å². The van der Waals surface area contributed by atoms with Crippen LogP contribution < -0.4 is 5.84 Å². The van der Waals surface area contributed by atoms with E-state index in [1.54, 1.807) is 35.7 Å². The molecule has 0 saturated carbocycles. The maximum atomic E-state index is 6.31. The number of H-pyrrole nitrogens is 1. The van der Waals surface area contributed by atoms with Crippen molar-refractivity contribution in [3.05, 3.63) is 70.4 Å². The summed E-state index contributed by atoms with van der Waals surface area (Å²) in [6.07, 6.45) is 9.11. The molecule has 4 nitrogen and oxygen atoms in total. The third-order valence-electron chi connectivity index (χ3n) is 3.16. The van der Waals surface area contributed by atoms with Gasteiger partial charge in [-0.05, 0) is 23.8 Å². The molecule has 1 aliphatic heterocycles. The molecule has 0 spiro atoms. The fourth-order valence-corrected chi connectivity index (χ4v) is 2.78. The Morgan fingerprint density at radius 3 is 2.85 bits per heavy atom. The van der Waals surface area contributed by atoms with Gasteiger partial charge in [-0.15, -0.1) is 0 Å². The first-order chi connectivity index (χ1) is 9.66. The minimum absolute atomic E-state index is 0.212. The van der Waals surface area contributed by atoms with Crippen molar-refractivity contribution < 1.29 is 0 Å². The molecule has 2 heterocycles. The topological polar surface area (TPSA) is 57.9 Å². The van der Waals surface area contributed by atoms with Crippen LogP contribution in [0.3, 0.4) is 0 Å². The molecular formula is C14H12Cl2N4. The molecule has 0 saturated heterocycles. The number of hydrazine groups is 1. The maximum Gasteiger partial charge on any atom is 0.135 e. The van der Waals surface area contributed by atoms with Crippen molar-refractivity contribution in [1.29, 1.82) is 0 Å². The van der Waals surface area contributed by atoms with E-state index in [4.69, 9.17) is 29.0 Å². The van der Waals surface area contributed by atoms with Gasteiger partial charge in [0, 0.05) is 34.2 Å². The molecule has 3 N–H and O–H groups in total. The quantitative estimate of drug-likeness (QED) is 0.834. The van der Waals surface area contributed by atoms with Crippen LogP contribution in [0.15, 0.2) is 48.9 Å². The molecule has 0 fully saturated rings. The number of hydrogen-bond donors (Lipinski definition) is 2. The summed E-state index contributed by atoms with van der Waals surface area (Å²) in [5, 5.41) is 2.77. The largest absolute Gasteiger partial charge is 0.345 e. The fourth-order valence-electron chi connectivity index (χ4n) is 2.27. The lowest BCUT2D eigenvalue weighted by atomic mass is 9.95. The molecule has 1 aliphatic rings. The van der Waals surface area contributed by atoms with Crippen molar-refractivity contribution in [1.82, 2.24) is 15.0 Å². The highest BCUT2D eigenvalue weighted by Gasteiger charge is 2.27. The number of rotatable bonds is 2. The van der Waals surface area contributed by atoms with E-state index in [2.05, 4.69) is 9.97 Å². The third kappa shape index (κ3) is 2.33. The van der Waals surface area contributed by atoms with Gasteiger partial charge in [0.25, 0.3) is 0 Å². The van der Waals surface area contributed by atoms with Gasteiger partial charge in [-0.3, -0.25) is 0 Å². The Hall–Kier alpha value is -1.75. The fraction of sp³-hybridized carbons (Fsp3) is 0.0714. The minimum atomic E-state index is -0.212. The van der Waals surface area contributed by atoms with Gasteiger partial charge in [-0.1, -0.05) is 35.3 Å². The normalized spacial score (nSPS) is 18.2. The molecule has 1 aromatic carbocycles. The van der Waals surface area contributed by atoms with Gasteiger partial charge in [0.1, 0.15) is 5.82 Å². The molecular weight excluding hydrogens is 295 g/mol. The Kier molecular flexibility index (Phi) is 3.53. The number of halogens is 2. The first kappa shape index (κ1) is 13.2. The molecule has 6 heteroatoms. The lowest BCUT2D eigenvalue weighted by Crippen LogP contribution is -2.32. The van der Waals surface area contributed by atoms with Crippen LogP contribution >= 0.6 is 23.2 Å². The molecule has 0 aliphatic carbocycles. The molecule has 0 radical (unpaired) electrons. The molecule has 1 aromatic heterocycles. The Balaban J connectivity index is 2.09. The Morgan fingerprint density at radius 2 is 2.15 bits per heavy atom. The van der Waals surface area contributed by atoms with Gasteiger partial charge in [-0.25, -0.2) is 10.8 Å². The van der Waals surface area contributed by atoms with E-state index in [1.165, 1.54) is 0 Å². The number of aromatic amines is 1. The van der Waals surface area contributed by atoms with Crippen LogP contribution in [0.1, 0.15) is 17.4 Å². The second-order valence-electron chi connectivity index (χ2n) is 4.42. The van der Waals surface area contributed by atoms with E-state index < -0.39 is 0 Å². The van der Waals surface area contributed by atoms with Crippen LogP contribution in [-0.4, -0.2) is 15.0 Å². The Labute approximate surface area is 126 Å². The standard InChI is InChI=1S/C14H12Cl2N4/c15-9-3-4-10(12(16)8-9)13-11(2-1-7-20(13)17)14-18-5-6-19-14/h1-8,13H,17H2,(H,18,19). The summed E-state index contributed by atoms with van der Waals surface area (Å²) in [6, 6.07) is 5.18. The van der Waals surface area contributed by atoms with Crippen molar-refractivity contribution in [3.63, 3.8) is 0 Å². The first-order valence-electron chi connectivity index (χ1n) is 6.03. The number of nitrogens with two attached hydrogens (primary N) is 1. The van der Waals surface area contributed by atoms with Gasteiger partial charge >= 0.3 is 0 Å². The van der Waals surface area contributed by atoms with E-state index in [-0.39, 0.29) is 6.04 Å². The molecule has 20 heavy (non-hydrogen) atoms. The van der Waals surface area contributed by atoms with Crippen LogP contribution in [-0.2, 0) is 0 Å². The summed E-state index contributed by atoms with van der Waals surface area (Å²) < 4.78 is 0. The summed E-state index contributed by atoms with van der Waals surface area (Å²) in [7, 11) is 0. The highest BCUT2D eigenvalue weighted by atomic mass is 35.5. The lowest BCUT2D eigenvalue weighted by Gasteiger charge is -2.31. The third-order valence-corrected chi connectivity index (χ3v) is 3.72. The molecule has 2 aromatic rings. The number of benzene rings is 1. The van der Waals surface area contributed by atoms with Crippen molar-refractivity contribution in [3.8, 4) is 0 Å². The van der Waals surface area contributed by atoms with Crippen molar-refractivity contribution in [2.45, 2.75) is 6.04 Å². The van der Waals surface area contributed by atoms with Crippen molar-refractivity contribution in [2.75, 3.05) is 0 Å². The maximum absolute atomic E-state index is 6.31. The van der Waals surface area contributed by atoms with Gasteiger partial charge in [0.05, 0.1) is 6.04 Å². The number of imidazole rings is 1. The Bertz CT molecular complexity index is 676. The van der Waals surface area contributed by atoms with Gasteiger partial charge in [0.2, 0.25) is 0 Å². The molecule has 1 atom stereocenters. The lowest BCUT2D eigenvalue weighted by molar-refractivity contribution is 0.342. The predicted octanol–water partition coefficient (Wildman–Crippen LogP) is 3.54. The highest BCUT2D eigenvalue weighted by Crippen LogP contribution is 2.38. The van der Waals surface area contributed by atoms with Crippen LogP contribution in [0.4, 0.5) is 0 Å². The van der Waals surface area contributed by atoms with Gasteiger partial charge < -0.3 is 9.99 Å². The number of allylic oxidation sites excluding steroid dienone is 2. The van der Waals surface area contributed by atoms with E-state index in [9.17, 15) is 0 Å². The van der Waals surface area contributed by atoms with Crippen molar-refractivity contribution in [2.24, 2.45) is 5.84 Å². The second-order valence-corrected chi connectivity index (χ2v) is 5.26. The SMILES string of the molecule is NN1C=CC=C(c2ncc[nH]2)C1c1ccc(Cl)cc1Cl. The molecule has 3 rings (SSSR count). The zero-order valence-electron chi connectivity index (χ0n) is 10.4. The van der Waals surface area contributed by atoms with E-state index >= 15 is 0 Å². The average molecular weight is 307 g/mol. The van der Waals surface area contributed by atoms with E-state index in [0.717, 1.165) is 17.0 Å². The van der Waals surface area contributed by atoms with Crippen LogP contribution in [0.2, 0.25) is 10.0 Å². The second kappa shape index (κ2) is 5.32. The van der Waals surface area contributed by atoms with Crippen LogP contribution in [0.25, 0.3) is 5.57 Å². The highest BCUT2D eigenvalue weighted by molar-refractivity contribution is 6.35. The summed E-state index contributed by atoms with van der Waals surface area (Å²) in [5.41, 5.74) is 1.83. The van der Waals surface area contributed by atoms with Crippen LogP contribution in [0.5, 0.6) is 0 Å². The summed E-state index contributed by atoms with van der Waals surface area (Å²) in [6.45, 7) is 0. The summed E-state index contributed by atoms with van der Waals surface area (Å²) in [5.74, 6) is 6.85. The number of nitrogens with one attached hydrogen (secondary N) is 1. The Morgan fingerprint density at radius 1 is 1.30 bits per heavy atom. The smallest absolute Gasteiger partial charge is 0.135 e. The zero-order valence-corrected chi connectivity index (χ0v) is 11.9. The zero-order chi connectivity index (χ0) is 14.1. The first-order valence-corrected chi connectivity index (χ1v) is 6.78. The summed E-state index contributed by atoms with van der Waals surface area (Å²) in [4.78, 5) is 7.38. The van der Waals surface area contributed by atoms with Crippen LogP contribution in [0, 0.1) is 0 Å². The van der Waals surface area contributed by atoms with E-state index in [1.807, 2.05) is 18.2 Å². The number of aromatic nitrogens is 2.